The number of hydrogen-bond acceptors (Lipinski definition) is 6. The number of rotatable bonds is 13. The van der Waals surface area contributed by atoms with Crippen molar-refractivity contribution in [2.24, 2.45) is 0 Å². The second kappa shape index (κ2) is 17.3. The maximum Gasteiger partial charge on any atom is 0.407 e. The molecule has 0 bridgehead atoms. The molecule has 5 rings (SSSR count). The second-order valence-corrected chi connectivity index (χ2v) is 12.7. The Morgan fingerprint density at radius 3 is 1.90 bits per heavy atom. The molecule has 1 unspecified atom stereocenters. The number of anilines is 2. The van der Waals surface area contributed by atoms with Gasteiger partial charge in [0.2, 0.25) is 11.8 Å². The Labute approximate surface area is 300 Å². The zero-order chi connectivity index (χ0) is 34.6. The van der Waals surface area contributed by atoms with Crippen molar-refractivity contribution < 1.29 is 23.9 Å². The molecule has 0 aliphatic heterocycles. The second-order valence-electron chi connectivity index (χ2n) is 10.9. The molecule has 9 nitrogen and oxygen atoms in total. The van der Waals surface area contributed by atoms with Crippen LogP contribution in [0.3, 0.4) is 0 Å². The number of alkyl carbamates (subject to hydrolysis) is 1. The highest BCUT2D eigenvalue weighted by molar-refractivity contribution is 9.10. The van der Waals surface area contributed by atoms with Crippen LogP contribution in [0.1, 0.15) is 38.7 Å². The molecule has 5 aromatic carbocycles. The molecule has 0 aliphatic rings. The minimum Gasteiger partial charge on any atom is -0.445 e. The molecule has 11 heteroatoms. The summed E-state index contributed by atoms with van der Waals surface area (Å²) >= 11 is 6.96. The molecule has 1 atom stereocenters. The third kappa shape index (κ3) is 10.2. The molecule has 0 aromatic heterocycles. The fourth-order valence-corrected chi connectivity index (χ4v) is 5.75. The smallest absolute Gasteiger partial charge is 0.407 e. The first-order valence-corrected chi connectivity index (χ1v) is 16.9. The van der Waals surface area contributed by atoms with Gasteiger partial charge in [-0.15, -0.1) is 0 Å². The van der Waals surface area contributed by atoms with E-state index in [0.29, 0.717) is 32.5 Å². The SMILES string of the molecule is O=C(CNC(c1ccccc1)c1cc(Br)ccc1NC(=O)CNC(=O)OCc1ccccc1)Nc1ccc(Br)cc1C(=O)c1ccccc1. The first kappa shape index (κ1) is 35.2. The van der Waals surface area contributed by atoms with Gasteiger partial charge >= 0.3 is 6.09 Å². The van der Waals surface area contributed by atoms with Crippen LogP contribution >= 0.6 is 31.9 Å². The predicted octanol–water partition coefficient (Wildman–Crippen LogP) is 7.63. The summed E-state index contributed by atoms with van der Waals surface area (Å²) in [5.41, 5.74) is 4.06. The van der Waals surface area contributed by atoms with Crippen molar-refractivity contribution in [3.05, 3.63) is 164 Å². The van der Waals surface area contributed by atoms with Crippen molar-refractivity contribution in [3.8, 4) is 0 Å². The van der Waals surface area contributed by atoms with Crippen molar-refractivity contribution >= 4 is 66.9 Å². The summed E-state index contributed by atoms with van der Waals surface area (Å²) < 4.78 is 6.67. The van der Waals surface area contributed by atoms with Crippen LogP contribution < -0.4 is 21.3 Å². The highest BCUT2D eigenvalue weighted by Gasteiger charge is 2.22. The first-order chi connectivity index (χ1) is 23.8. The lowest BCUT2D eigenvalue weighted by atomic mass is 9.97. The summed E-state index contributed by atoms with van der Waals surface area (Å²) in [6.07, 6.45) is -0.718. The molecule has 0 saturated carbocycles. The Morgan fingerprint density at radius 2 is 1.20 bits per heavy atom. The largest absolute Gasteiger partial charge is 0.445 e. The molecule has 49 heavy (non-hydrogen) atoms. The van der Waals surface area contributed by atoms with Gasteiger partial charge < -0.3 is 20.7 Å². The van der Waals surface area contributed by atoms with Crippen LogP contribution in [0.5, 0.6) is 0 Å². The normalized spacial score (nSPS) is 11.2. The Balaban J connectivity index is 1.28. The van der Waals surface area contributed by atoms with Gasteiger partial charge in [-0.2, -0.15) is 0 Å². The minimum atomic E-state index is -0.718. The zero-order valence-electron chi connectivity index (χ0n) is 26.1. The lowest BCUT2D eigenvalue weighted by Gasteiger charge is -2.23. The van der Waals surface area contributed by atoms with Crippen molar-refractivity contribution in [3.63, 3.8) is 0 Å². The van der Waals surface area contributed by atoms with E-state index in [9.17, 15) is 19.2 Å². The van der Waals surface area contributed by atoms with Gasteiger partial charge in [0.05, 0.1) is 18.3 Å². The number of carbonyl (C=O) groups is 4. The van der Waals surface area contributed by atoms with E-state index in [4.69, 9.17) is 4.74 Å². The maximum absolute atomic E-state index is 13.4. The first-order valence-electron chi connectivity index (χ1n) is 15.3. The third-order valence-corrected chi connectivity index (χ3v) is 8.33. The number of ketones is 1. The van der Waals surface area contributed by atoms with E-state index in [2.05, 4.69) is 53.1 Å². The summed E-state index contributed by atoms with van der Waals surface area (Å²) in [5, 5.41) is 11.5. The average molecular weight is 785 g/mol. The molecular weight excluding hydrogens is 752 g/mol. The van der Waals surface area contributed by atoms with Crippen LogP contribution in [-0.4, -0.2) is 36.8 Å². The maximum atomic E-state index is 13.4. The number of hydrogen-bond donors (Lipinski definition) is 4. The standard InChI is InChI=1S/C38H32Br2N4O5/c39-28-16-18-32(43-35(46)23-42-38(48)49-24-25-10-4-1-5-11-25)30(20-28)36(26-12-6-2-7-13-26)41-22-34(45)44-33-19-17-29(40)21-31(33)37(47)27-14-8-3-9-15-27/h1-21,36,41H,22-24H2,(H,42,48)(H,43,46)(H,44,45). The van der Waals surface area contributed by atoms with E-state index in [1.54, 1.807) is 54.6 Å². The number of nitrogens with one attached hydrogen (secondary N) is 4. The van der Waals surface area contributed by atoms with Gasteiger partial charge in [-0.1, -0.05) is 123 Å². The van der Waals surface area contributed by atoms with Gasteiger partial charge in [-0.25, -0.2) is 4.79 Å². The number of amides is 3. The van der Waals surface area contributed by atoms with Gasteiger partial charge in [-0.3, -0.25) is 19.7 Å². The fraction of sp³-hybridized carbons (Fsp3) is 0.105. The molecule has 0 aliphatic carbocycles. The number of carbonyl (C=O) groups excluding carboxylic acids is 4. The summed E-state index contributed by atoms with van der Waals surface area (Å²) in [5.74, 6) is -1.06. The van der Waals surface area contributed by atoms with Gasteiger partial charge in [0.1, 0.15) is 13.2 Å². The molecule has 0 radical (unpaired) electrons. The molecule has 4 N–H and O–H groups in total. The van der Waals surface area contributed by atoms with Crippen LogP contribution in [0, 0.1) is 0 Å². The topological polar surface area (TPSA) is 126 Å². The van der Waals surface area contributed by atoms with E-state index in [-0.39, 0.29) is 31.4 Å². The Morgan fingerprint density at radius 1 is 0.633 bits per heavy atom. The van der Waals surface area contributed by atoms with Crippen LogP contribution in [0.2, 0.25) is 0 Å². The molecule has 5 aromatic rings. The Hall–Kier alpha value is -5.10. The lowest BCUT2D eigenvalue weighted by molar-refractivity contribution is -0.116. The summed E-state index contributed by atoms with van der Waals surface area (Å²) in [4.78, 5) is 51.9. The zero-order valence-corrected chi connectivity index (χ0v) is 29.3. The van der Waals surface area contributed by atoms with Crippen LogP contribution in [0.25, 0.3) is 0 Å². The Kier molecular flexibility index (Phi) is 12.5. The van der Waals surface area contributed by atoms with Gasteiger partial charge in [0.25, 0.3) is 0 Å². The van der Waals surface area contributed by atoms with Crippen molar-refractivity contribution in [2.45, 2.75) is 12.6 Å². The van der Waals surface area contributed by atoms with Crippen molar-refractivity contribution in [2.75, 3.05) is 23.7 Å². The van der Waals surface area contributed by atoms with E-state index in [1.165, 1.54) is 0 Å². The lowest BCUT2D eigenvalue weighted by Crippen LogP contribution is -2.34. The highest BCUT2D eigenvalue weighted by atomic mass is 79.9. The predicted molar refractivity (Wildman–Crippen MR) is 196 cm³/mol. The third-order valence-electron chi connectivity index (χ3n) is 7.34. The molecular formula is C38H32Br2N4O5. The number of ether oxygens (including phenoxy) is 1. The molecule has 3 amide bonds. The van der Waals surface area contributed by atoms with Crippen LogP contribution in [-0.2, 0) is 20.9 Å². The van der Waals surface area contributed by atoms with E-state index < -0.39 is 18.0 Å². The molecule has 0 fully saturated rings. The fourth-order valence-electron chi connectivity index (χ4n) is 5.01. The van der Waals surface area contributed by atoms with Gasteiger partial charge in [0.15, 0.2) is 5.78 Å². The van der Waals surface area contributed by atoms with E-state index in [0.717, 1.165) is 15.6 Å². The van der Waals surface area contributed by atoms with E-state index >= 15 is 0 Å². The van der Waals surface area contributed by atoms with Gasteiger partial charge in [-0.05, 0) is 53.1 Å². The summed E-state index contributed by atoms with van der Waals surface area (Å²) in [7, 11) is 0. The quantitative estimate of drug-likeness (QED) is 0.0911. The minimum absolute atomic E-state index is 0.0790. The summed E-state index contributed by atoms with van der Waals surface area (Å²) in [6, 6.07) is 37.5. The Bertz CT molecular complexity index is 1930. The number of benzene rings is 5. The highest BCUT2D eigenvalue weighted by Crippen LogP contribution is 2.31. The van der Waals surface area contributed by atoms with E-state index in [1.807, 2.05) is 72.8 Å². The van der Waals surface area contributed by atoms with Crippen molar-refractivity contribution in [1.82, 2.24) is 10.6 Å². The van der Waals surface area contributed by atoms with Gasteiger partial charge in [0, 0.05) is 25.8 Å². The monoisotopic (exact) mass is 782 g/mol. The van der Waals surface area contributed by atoms with Crippen LogP contribution in [0.15, 0.2) is 136 Å². The average Bonchev–Trinajstić information content (AvgIpc) is 3.12. The van der Waals surface area contributed by atoms with Crippen LogP contribution in [0.4, 0.5) is 16.2 Å². The number of halogens is 2. The van der Waals surface area contributed by atoms with Crippen molar-refractivity contribution in [1.29, 1.82) is 0 Å². The summed E-state index contributed by atoms with van der Waals surface area (Å²) in [6.45, 7) is -0.356. The molecule has 0 heterocycles. The molecule has 0 saturated heterocycles. The molecule has 248 valence electrons. The molecule has 0 spiro atoms.